The summed E-state index contributed by atoms with van der Waals surface area (Å²) in [5.41, 5.74) is 3.05. The van der Waals surface area contributed by atoms with Crippen LogP contribution in [0.1, 0.15) is 37.1 Å². The third-order valence-electron chi connectivity index (χ3n) is 3.40. The minimum atomic E-state index is -0.484. The SMILES string of the molecule is COc1ccc(C(C)Nc2ccccc2C(C)O)cc1. The second kappa shape index (κ2) is 6.44. The molecule has 0 aliphatic heterocycles. The molecule has 2 aromatic rings. The summed E-state index contributed by atoms with van der Waals surface area (Å²) in [5.74, 6) is 0.852. The number of hydrogen-bond acceptors (Lipinski definition) is 3. The van der Waals surface area contributed by atoms with Crippen molar-refractivity contribution in [2.75, 3.05) is 12.4 Å². The fourth-order valence-corrected chi connectivity index (χ4v) is 2.20. The van der Waals surface area contributed by atoms with Crippen molar-refractivity contribution in [2.24, 2.45) is 0 Å². The predicted octanol–water partition coefficient (Wildman–Crippen LogP) is 3.92. The molecule has 0 bridgehead atoms. The molecule has 0 radical (unpaired) electrons. The Hall–Kier alpha value is -2.00. The van der Waals surface area contributed by atoms with E-state index < -0.39 is 6.10 Å². The van der Waals surface area contributed by atoms with Crippen LogP contribution in [0.2, 0.25) is 0 Å². The van der Waals surface area contributed by atoms with E-state index in [9.17, 15) is 5.11 Å². The number of benzene rings is 2. The lowest BCUT2D eigenvalue weighted by Crippen LogP contribution is -2.09. The first-order valence-electron chi connectivity index (χ1n) is 6.79. The summed E-state index contributed by atoms with van der Waals surface area (Å²) in [6.45, 7) is 3.87. The zero-order valence-corrected chi connectivity index (χ0v) is 12.1. The van der Waals surface area contributed by atoms with Gasteiger partial charge in [0.05, 0.1) is 13.2 Å². The number of ether oxygens (including phenoxy) is 1. The summed E-state index contributed by atoms with van der Waals surface area (Å²) >= 11 is 0. The van der Waals surface area contributed by atoms with Crippen LogP contribution < -0.4 is 10.1 Å². The van der Waals surface area contributed by atoms with Crippen LogP contribution in [0.5, 0.6) is 5.75 Å². The second-order valence-corrected chi connectivity index (χ2v) is 4.90. The number of methoxy groups -OCH3 is 1. The van der Waals surface area contributed by atoms with Crippen molar-refractivity contribution in [3.63, 3.8) is 0 Å². The summed E-state index contributed by atoms with van der Waals surface area (Å²) in [7, 11) is 1.66. The standard InChI is InChI=1S/C17H21NO2/c1-12(14-8-10-15(20-3)11-9-14)18-17-7-5-4-6-16(17)13(2)19/h4-13,18-19H,1-3H3. The molecular weight excluding hydrogens is 250 g/mol. The monoisotopic (exact) mass is 271 g/mol. The van der Waals surface area contributed by atoms with Gasteiger partial charge in [-0.3, -0.25) is 0 Å². The Bertz CT molecular complexity index is 549. The molecule has 0 spiro atoms. The lowest BCUT2D eigenvalue weighted by molar-refractivity contribution is 0.200. The Morgan fingerprint density at radius 3 is 2.25 bits per heavy atom. The highest BCUT2D eigenvalue weighted by Gasteiger charge is 2.10. The van der Waals surface area contributed by atoms with Crippen LogP contribution in [0.15, 0.2) is 48.5 Å². The van der Waals surface area contributed by atoms with Crippen molar-refractivity contribution in [2.45, 2.75) is 26.0 Å². The van der Waals surface area contributed by atoms with Crippen LogP contribution in [0, 0.1) is 0 Å². The molecule has 106 valence electrons. The fraction of sp³-hybridized carbons (Fsp3) is 0.294. The molecule has 0 amide bonds. The highest BCUT2D eigenvalue weighted by molar-refractivity contribution is 5.53. The molecule has 0 saturated carbocycles. The molecule has 0 aromatic heterocycles. The third kappa shape index (κ3) is 3.31. The molecule has 3 nitrogen and oxygen atoms in total. The summed E-state index contributed by atoms with van der Waals surface area (Å²) in [4.78, 5) is 0. The van der Waals surface area contributed by atoms with Gasteiger partial charge >= 0.3 is 0 Å². The minimum Gasteiger partial charge on any atom is -0.497 e. The Labute approximate surface area is 120 Å². The van der Waals surface area contributed by atoms with E-state index in [1.54, 1.807) is 14.0 Å². The zero-order valence-electron chi connectivity index (χ0n) is 12.1. The zero-order chi connectivity index (χ0) is 14.5. The molecule has 0 saturated heterocycles. The molecule has 2 rings (SSSR count). The van der Waals surface area contributed by atoms with E-state index in [0.717, 1.165) is 17.0 Å². The van der Waals surface area contributed by atoms with Crippen molar-refractivity contribution in [1.82, 2.24) is 0 Å². The first kappa shape index (κ1) is 14.4. The first-order valence-corrected chi connectivity index (χ1v) is 6.79. The topological polar surface area (TPSA) is 41.5 Å². The Morgan fingerprint density at radius 2 is 1.65 bits per heavy atom. The van der Waals surface area contributed by atoms with Crippen LogP contribution in [0.3, 0.4) is 0 Å². The van der Waals surface area contributed by atoms with Gasteiger partial charge in [0.25, 0.3) is 0 Å². The van der Waals surface area contributed by atoms with Gasteiger partial charge in [-0.05, 0) is 37.6 Å². The summed E-state index contributed by atoms with van der Waals surface area (Å²) in [6.07, 6.45) is -0.484. The minimum absolute atomic E-state index is 0.154. The second-order valence-electron chi connectivity index (χ2n) is 4.90. The van der Waals surface area contributed by atoms with E-state index in [-0.39, 0.29) is 6.04 Å². The van der Waals surface area contributed by atoms with Gasteiger partial charge in [-0.15, -0.1) is 0 Å². The highest BCUT2D eigenvalue weighted by Crippen LogP contribution is 2.27. The summed E-state index contributed by atoms with van der Waals surface area (Å²) < 4.78 is 5.16. The van der Waals surface area contributed by atoms with Crippen molar-refractivity contribution in [3.8, 4) is 5.75 Å². The number of para-hydroxylation sites is 1. The third-order valence-corrected chi connectivity index (χ3v) is 3.40. The van der Waals surface area contributed by atoms with E-state index in [1.165, 1.54) is 5.56 Å². The van der Waals surface area contributed by atoms with Crippen LogP contribution in [-0.2, 0) is 0 Å². The average molecular weight is 271 g/mol. The van der Waals surface area contributed by atoms with E-state index in [0.29, 0.717) is 0 Å². The van der Waals surface area contributed by atoms with Gasteiger partial charge in [-0.2, -0.15) is 0 Å². The van der Waals surface area contributed by atoms with E-state index in [1.807, 2.05) is 48.5 Å². The van der Waals surface area contributed by atoms with Crippen molar-refractivity contribution >= 4 is 5.69 Å². The molecule has 3 heteroatoms. The molecule has 20 heavy (non-hydrogen) atoms. The largest absolute Gasteiger partial charge is 0.497 e. The molecule has 2 atom stereocenters. The van der Waals surface area contributed by atoms with Crippen LogP contribution in [0.4, 0.5) is 5.69 Å². The number of rotatable bonds is 5. The Balaban J connectivity index is 2.16. The van der Waals surface area contributed by atoms with E-state index >= 15 is 0 Å². The number of aliphatic hydroxyl groups excluding tert-OH is 1. The molecular formula is C17H21NO2. The lowest BCUT2D eigenvalue weighted by atomic mass is 10.0. The Morgan fingerprint density at radius 1 is 1.00 bits per heavy atom. The van der Waals surface area contributed by atoms with Gasteiger partial charge in [-0.1, -0.05) is 30.3 Å². The number of hydrogen-bond donors (Lipinski definition) is 2. The smallest absolute Gasteiger partial charge is 0.118 e. The van der Waals surface area contributed by atoms with Crippen molar-refractivity contribution in [1.29, 1.82) is 0 Å². The maximum absolute atomic E-state index is 9.80. The van der Waals surface area contributed by atoms with Gasteiger partial charge in [0, 0.05) is 17.3 Å². The van der Waals surface area contributed by atoms with Crippen LogP contribution in [0.25, 0.3) is 0 Å². The fourth-order valence-electron chi connectivity index (χ4n) is 2.20. The maximum Gasteiger partial charge on any atom is 0.118 e. The van der Waals surface area contributed by atoms with Gasteiger partial charge in [-0.25, -0.2) is 0 Å². The molecule has 2 aromatic carbocycles. The normalized spacial score (nSPS) is 13.6. The Kier molecular flexibility index (Phi) is 4.64. The van der Waals surface area contributed by atoms with Gasteiger partial charge in [0.15, 0.2) is 0 Å². The first-order chi connectivity index (χ1) is 9.61. The molecule has 2 unspecified atom stereocenters. The predicted molar refractivity (Wildman–Crippen MR) is 82.1 cm³/mol. The average Bonchev–Trinajstić information content (AvgIpc) is 2.47. The number of aliphatic hydroxyl groups is 1. The van der Waals surface area contributed by atoms with E-state index in [2.05, 4.69) is 12.2 Å². The lowest BCUT2D eigenvalue weighted by Gasteiger charge is -2.19. The summed E-state index contributed by atoms with van der Waals surface area (Å²) in [6, 6.07) is 16.0. The van der Waals surface area contributed by atoms with Crippen molar-refractivity contribution < 1.29 is 9.84 Å². The molecule has 0 heterocycles. The number of anilines is 1. The molecule has 0 fully saturated rings. The molecule has 0 aliphatic rings. The highest BCUT2D eigenvalue weighted by atomic mass is 16.5. The molecule has 2 N–H and O–H groups in total. The maximum atomic E-state index is 9.80. The quantitative estimate of drug-likeness (QED) is 0.866. The van der Waals surface area contributed by atoms with Gasteiger partial charge in [0.2, 0.25) is 0 Å². The number of nitrogens with one attached hydrogen (secondary N) is 1. The van der Waals surface area contributed by atoms with Gasteiger partial charge < -0.3 is 15.2 Å². The summed E-state index contributed by atoms with van der Waals surface area (Å²) in [5, 5.41) is 13.2. The van der Waals surface area contributed by atoms with Gasteiger partial charge in [0.1, 0.15) is 5.75 Å². The van der Waals surface area contributed by atoms with E-state index in [4.69, 9.17) is 4.74 Å². The van der Waals surface area contributed by atoms with Crippen LogP contribution >= 0.6 is 0 Å². The van der Waals surface area contributed by atoms with Crippen molar-refractivity contribution in [3.05, 3.63) is 59.7 Å². The van der Waals surface area contributed by atoms with Crippen LogP contribution in [-0.4, -0.2) is 12.2 Å². The molecule has 0 aliphatic carbocycles.